The Morgan fingerprint density at radius 1 is 0.500 bits per heavy atom. The van der Waals surface area contributed by atoms with E-state index >= 15 is 0 Å². The van der Waals surface area contributed by atoms with Crippen molar-refractivity contribution in [3.05, 3.63) is 94.2 Å². The maximum absolute atomic E-state index is 5.96. The largest absolute Gasteiger partial charge is 0.489 e. The fourth-order valence-corrected chi connectivity index (χ4v) is 3.89. The fraction of sp³-hybridized carbons (Fsp3) is 0.500. The summed E-state index contributed by atoms with van der Waals surface area (Å²) in [5, 5.41) is 0. The van der Waals surface area contributed by atoms with E-state index in [2.05, 4.69) is 91.8 Å². The van der Waals surface area contributed by atoms with Gasteiger partial charge in [-0.15, -0.1) is 0 Å². The summed E-state index contributed by atoms with van der Waals surface area (Å²) in [6.07, 6.45) is 22.6. The van der Waals surface area contributed by atoms with E-state index < -0.39 is 0 Å². The molecule has 0 amide bonds. The van der Waals surface area contributed by atoms with E-state index in [0.29, 0.717) is 13.2 Å². The molecule has 0 atom stereocenters. The van der Waals surface area contributed by atoms with E-state index in [1.165, 1.54) is 33.4 Å². The third-order valence-corrected chi connectivity index (χ3v) is 6.41. The molecule has 0 fully saturated rings. The monoisotopic (exact) mass is 518 g/mol. The van der Waals surface area contributed by atoms with Crippen LogP contribution < -0.4 is 9.47 Å². The molecule has 1 aromatic carbocycles. The van der Waals surface area contributed by atoms with Crippen LogP contribution in [0, 0.1) is 0 Å². The van der Waals surface area contributed by atoms with Crippen LogP contribution in [0.3, 0.4) is 0 Å². The van der Waals surface area contributed by atoms with Gasteiger partial charge in [0.1, 0.15) is 24.7 Å². The maximum atomic E-state index is 5.96. The first-order valence-corrected chi connectivity index (χ1v) is 14.4. The molecule has 2 heteroatoms. The standard InChI is InChI=1S/C36H54O2/c1-29(2)14-9-16-31(5)18-11-20-33(7)24-26-37-35-22-13-23-36(28-35)38-27-25-34(8)21-12-19-32(6)17-10-15-30(3)4/h13-15,18-19,22-25,28H,9-12,16-17,20-21,26-27H2,1-8H3/b31-18+,32-19+,33-24+,34-25+. The lowest BCUT2D eigenvalue weighted by molar-refractivity contribution is 0.343. The number of rotatable bonds is 18. The van der Waals surface area contributed by atoms with Crippen molar-refractivity contribution in [2.24, 2.45) is 0 Å². The molecule has 2 nitrogen and oxygen atoms in total. The highest BCUT2D eigenvalue weighted by Gasteiger charge is 1.99. The van der Waals surface area contributed by atoms with Crippen LogP contribution in [-0.2, 0) is 0 Å². The maximum Gasteiger partial charge on any atom is 0.123 e. The van der Waals surface area contributed by atoms with Gasteiger partial charge in [-0.1, -0.05) is 63.8 Å². The lowest BCUT2D eigenvalue weighted by Gasteiger charge is -2.08. The van der Waals surface area contributed by atoms with Gasteiger partial charge in [0.15, 0.2) is 0 Å². The Morgan fingerprint density at radius 2 is 0.842 bits per heavy atom. The number of allylic oxidation sites excluding steroid dienone is 10. The number of hydrogen-bond acceptors (Lipinski definition) is 2. The van der Waals surface area contributed by atoms with Crippen molar-refractivity contribution in [1.82, 2.24) is 0 Å². The Labute approximate surface area is 234 Å². The highest BCUT2D eigenvalue weighted by Crippen LogP contribution is 2.20. The van der Waals surface area contributed by atoms with Gasteiger partial charge in [-0.25, -0.2) is 0 Å². The molecule has 0 spiro atoms. The first-order valence-electron chi connectivity index (χ1n) is 14.4. The van der Waals surface area contributed by atoms with Gasteiger partial charge in [0.05, 0.1) is 0 Å². The fourth-order valence-electron chi connectivity index (χ4n) is 3.89. The van der Waals surface area contributed by atoms with Crippen molar-refractivity contribution < 1.29 is 9.47 Å². The topological polar surface area (TPSA) is 18.5 Å². The molecule has 0 saturated heterocycles. The SMILES string of the molecule is CC(C)=CCC/C(C)=C/CC/C(C)=C/COc1cccc(OC/C=C(\C)CC/C=C(\C)CCC=C(C)C)c1. The molecule has 0 aliphatic rings. The minimum atomic E-state index is 0.582. The summed E-state index contributed by atoms with van der Waals surface area (Å²) >= 11 is 0. The van der Waals surface area contributed by atoms with Crippen molar-refractivity contribution in [3.8, 4) is 11.5 Å². The molecule has 0 radical (unpaired) electrons. The zero-order chi connectivity index (χ0) is 28.2. The van der Waals surface area contributed by atoms with Crippen LogP contribution in [0.1, 0.15) is 107 Å². The van der Waals surface area contributed by atoms with E-state index in [1.807, 2.05) is 24.3 Å². The second-order valence-corrected chi connectivity index (χ2v) is 11.0. The molecule has 1 rings (SSSR count). The number of benzene rings is 1. The minimum absolute atomic E-state index is 0.582. The first-order chi connectivity index (χ1) is 18.2. The average Bonchev–Trinajstić information content (AvgIpc) is 2.84. The quantitative estimate of drug-likeness (QED) is 0.180. The van der Waals surface area contributed by atoms with E-state index in [9.17, 15) is 0 Å². The summed E-state index contributed by atoms with van der Waals surface area (Å²) in [6.45, 7) is 18.7. The van der Waals surface area contributed by atoms with Crippen molar-refractivity contribution in [2.45, 2.75) is 107 Å². The molecule has 210 valence electrons. The zero-order valence-corrected chi connectivity index (χ0v) is 25.7. The molecule has 0 unspecified atom stereocenters. The van der Waals surface area contributed by atoms with Gasteiger partial charge in [-0.05, 0) is 131 Å². The molecular weight excluding hydrogens is 464 g/mol. The van der Waals surface area contributed by atoms with Gasteiger partial charge in [0.2, 0.25) is 0 Å². The van der Waals surface area contributed by atoms with Gasteiger partial charge >= 0.3 is 0 Å². The van der Waals surface area contributed by atoms with E-state index in [-0.39, 0.29) is 0 Å². The summed E-state index contributed by atoms with van der Waals surface area (Å²) in [6, 6.07) is 7.94. The van der Waals surface area contributed by atoms with Gasteiger partial charge < -0.3 is 9.47 Å². The molecule has 0 aromatic heterocycles. The van der Waals surface area contributed by atoms with E-state index in [4.69, 9.17) is 9.47 Å². The highest BCUT2D eigenvalue weighted by molar-refractivity contribution is 5.33. The van der Waals surface area contributed by atoms with Crippen LogP contribution in [0.25, 0.3) is 0 Å². The van der Waals surface area contributed by atoms with Gasteiger partial charge in [-0.3, -0.25) is 0 Å². The van der Waals surface area contributed by atoms with Crippen molar-refractivity contribution >= 4 is 0 Å². The van der Waals surface area contributed by atoms with Gasteiger partial charge in [0, 0.05) is 6.07 Å². The Morgan fingerprint density at radius 3 is 1.21 bits per heavy atom. The van der Waals surface area contributed by atoms with Crippen molar-refractivity contribution in [1.29, 1.82) is 0 Å². The molecule has 0 aliphatic carbocycles. The Hall–Kier alpha value is -2.74. The molecule has 0 bridgehead atoms. The van der Waals surface area contributed by atoms with Gasteiger partial charge in [-0.2, -0.15) is 0 Å². The first kappa shape index (κ1) is 33.3. The van der Waals surface area contributed by atoms with Crippen molar-refractivity contribution in [2.75, 3.05) is 13.2 Å². The van der Waals surface area contributed by atoms with Crippen LogP contribution in [0.5, 0.6) is 11.5 Å². The molecule has 0 saturated carbocycles. The summed E-state index contributed by atoms with van der Waals surface area (Å²) in [5.74, 6) is 1.69. The zero-order valence-electron chi connectivity index (χ0n) is 25.7. The highest BCUT2D eigenvalue weighted by atomic mass is 16.5. The predicted molar refractivity (Wildman–Crippen MR) is 168 cm³/mol. The molecule has 0 N–H and O–H groups in total. The average molecular weight is 519 g/mol. The lowest BCUT2D eigenvalue weighted by atomic mass is 10.1. The van der Waals surface area contributed by atoms with Crippen LogP contribution in [0.15, 0.2) is 94.2 Å². The van der Waals surface area contributed by atoms with E-state index in [1.54, 1.807) is 0 Å². The molecule has 38 heavy (non-hydrogen) atoms. The summed E-state index contributed by atoms with van der Waals surface area (Å²) < 4.78 is 11.9. The van der Waals surface area contributed by atoms with Crippen LogP contribution >= 0.6 is 0 Å². The normalized spacial score (nSPS) is 12.8. The Balaban J connectivity index is 2.36. The third kappa shape index (κ3) is 18.5. The Kier molecular flexibility index (Phi) is 17.7. The third-order valence-electron chi connectivity index (χ3n) is 6.41. The summed E-state index contributed by atoms with van der Waals surface area (Å²) in [7, 11) is 0. The second kappa shape index (κ2) is 20.3. The number of ether oxygens (including phenoxy) is 2. The lowest BCUT2D eigenvalue weighted by Crippen LogP contribution is -1.97. The smallest absolute Gasteiger partial charge is 0.123 e. The molecule has 1 aromatic rings. The predicted octanol–water partition coefficient (Wildman–Crippen LogP) is 11.3. The van der Waals surface area contributed by atoms with Crippen LogP contribution in [0.4, 0.5) is 0 Å². The van der Waals surface area contributed by atoms with Crippen molar-refractivity contribution in [3.63, 3.8) is 0 Å². The summed E-state index contributed by atoms with van der Waals surface area (Å²) in [4.78, 5) is 0. The molecule has 0 aliphatic heterocycles. The van der Waals surface area contributed by atoms with E-state index in [0.717, 1.165) is 62.9 Å². The second-order valence-electron chi connectivity index (χ2n) is 11.0. The molecular formula is C36H54O2. The molecule has 0 heterocycles. The minimum Gasteiger partial charge on any atom is -0.489 e. The summed E-state index contributed by atoms with van der Waals surface area (Å²) in [5.41, 5.74) is 8.48. The van der Waals surface area contributed by atoms with Crippen LogP contribution in [-0.4, -0.2) is 13.2 Å². The number of hydrogen-bond donors (Lipinski definition) is 0. The van der Waals surface area contributed by atoms with Crippen LogP contribution in [0.2, 0.25) is 0 Å². The van der Waals surface area contributed by atoms with Gasteiger partial charge in [0.25, 0.3) is 0 Å². The Bertz CT molecular complexity index is 913.